The number of halogens is 2. The summed E-state index contributed by atoms with van der Waals surface area (Å²) < 4.78 is 16.6. The molecule has 0 spiro atoms. The van der Waals surface area contributed by atoms with Crippen molar-refractivity contribution in [1.82, 2.24) is 19.9 Å². The lowest BCUT2D eigenvalue weighted by molar-refractivity contribution is 0.489. The Balaban J connectivity index is 1.52. The maximum absolute atomic E-state index is 15.1. The van der Waals surface area contributed by atoms with Crippen LogP contribution in [-0.2, 0) is 6.42 Å². The van der Waals surface area contributed by atoms with E-state index in [9.17, 15) is 4.79 Å². The highest BCUT2D eigenvalue weighted by Gasteiger charge is 2.16. The van der Waals surface area contributed by atoms with E-state index in [1.165, 1.54) is 4.57 Å². The fourth-order valence-electron chi connectivity index (χ4n) is 5.19. The smallest absolute Gasteiger partial charge is 0.354 e. The average molecular weight is 623 g/mol. The van der Waals surface area contributed by atoms with Gasteiger partial charge in [0.05, 0.1) is 22.4 Å². The van der Waals surface area contributed by atoms with Crippen LogP contribution in [0.15, 0.2) is 58.4 Å². The number of fused-ring (bicyclic) bond motifs is 1. The number of nitrogens with one attached hydrogen (secondary N) is 2. The third-order valence-electron chi connectivity index (χ3n) is 7.65. The van der Waals surface area contributed by atoms with Gasteiger partial charge in [-0.2, -0.15) is 4.98 Å². The molecule has 4 aromatic rings. The molecule has 44 heavy (non-hydrogen) atoms. The first kappa shape index (κ1) is 33.3. The van der Waals surface area contributed by atoms with Crippen molar-refractivity contribution in [3.8, 4) is 16.9 Å². The van der Waals surface area contributed by atoms with Crippen LogP contribution in [0.25, 0.3) is 28.0 Å². The van der Waals surface area contributed by atoms with Gasteiger partial charge in [0.15, 0.2) is 5.82 Å². The van der Waals surface area contributed by atoms with Crippen molar-refractivity contribution < 1.29 is 4.39 Å². The maximum Gasteiger partial charge on any atom is 0.354 e. The number of H-pyrrole nitrogens is 1. The largest absolute Gasteiger partial charge is 0.386 e. The average Bonchev–Trinajstić information content (AvgIpc) is 3.40. The number of rotatable bonds is 15. The number of aromatic nitrogens is 3. The van der Waals surface area contributed by atoms with Crippen LogP contribution in [0, 0.1) is 5.82 Å². The molecular weight excluding hydrogens is 579 g/mol. The normalized spacial score (nSPS) is 14.2. The van der Waals surface area contributed by atoms with Crippen molar-refractivity contribution in [1.29, 1.82) is 0 Å². The minimum atomic E-state index is -0.516. The number of aliphatic imine (C=N–C) groups is 1. The predicted octanol–water partition coefficient (Wildman–Crippen LogP) is 5.37. The Bertz CT molecular complexity index is 1630. The van der Waals surface area contributed by atoms with Gasteiger partial charge in [-0.25, -0.2) is 9.18 Å². The number of nitrogens with zero attached hydrogens (tertiary/aromatic N) is 3. The number of amidine groups is 1. The van der Waals surface area contributed by atoms with Crippen LogP contribution in [0.1, 0.15) is 70.0 Å². The zero-order valence-corrected chi connectivity index (χ0v) is 26.5. The highest BCUT2D eigenvalue weighted by molar-refractivity contribution is 6.31. The second-order valence-corrected chi connectivity index (χ2v) is 11.9. The Morgan fingerprint density at radius 3 is 2.57 bits per heavy atom. The lowest BCUT2D eigenvalue weighted by atomic mass is 10.0. The molecule has 0 aliphatic carbocycles. The van der Waals surface area contributed by atoms with Crippen LogP contribution in [0.5, 0.6) is 0 Å². The van der Waals surface area contributed by atoms with Gasteiger partial charge >= 0.3 is 5.69 Å². The Hall–Kier alpha value is -3.57. The fourth-order valence-corrected chi connectivity index (χ4v) is 5.43. The molecule has 0 aliphatic rings. The molecule has 2 heterocycles. The van der Waals surface area contributed by atoms with Crippen molar-refractivity contribution >= 4 is 28.5 Å². The van der Waals surface area contributed by atoms with E-state index >= 15 is 4.39 Å². The van der Waals surface area contributed by atoms with Gasteiger partial charge in [-0.3, -0.25) is 9.56 Å². The van der Waals surface area contributed by atoms with Crippen LogP contribution < -0.4 is 28.2 Å². The molecule has 9 nitrogen and oxygen atoms in total. The predicted molar refractivity (Wildman–Crippen MR) is 179 cm³/mol. The number of aromatic amines is 1. The van der Waals surface area contributed by atoms with Gasteiger partial charge in [0, 0.05) is 35.8 Å². The highest BCUT2D eigenvalue weighted by atomic mass is 35.5. The molecule has 8 N–H and O–H groups in total. The Kier molecular flexibility index (Phi) is 11.7. The third kappa shape index (κ3) is 8.53. The van der Waals surface area contributed by atoms with Crippen molar-refractivity contribution in [3.05, 3.63) is 81.1 Å². The van der Waals surface area contributed by atoms with Crippen LogP contribution >= 0.6 is 11.6 Å². The van der Waals surface area contributed by atoms with Crippen molar-refractivity contribution in [2.24, 2.45) is 22.2 Å². The molecule has 0 radical (unpaired) electrons. The standard InChI is InChI=1S/C33H44ClFN8O/c1-4-7-28(39-14-6-15-40-31(38)21(3)37)23-10-12-25(13-11-23)43-19-24-18-29(41-32(24)42-33(43)44)26-16-22(9-5-8-20(2)36)17-27(34)30(26)35/h10-13,16-21,28,39H,4-9,14-15,36-37H2,1-3H3,(H2,38,40)(H,41,42,44). The van der Waals surface area contributed by atoms with Crippen LogP contribution in [-0.4, -0.2) is 45.5 Å². The number of hydrogen-bond acceptors (Lipinski definition) is 6. The molecule has 0 saturated carbocycles. The molecule has 0 amide bonds. The number of aryl methyl sites for hydroxylation is 1. The van der Waals surface area contributed by atoms with Gasteiger partial charge < -0.3 is 27.5 Å². The first-order valence-electron chi connectivity index (χ1n) is 15.3. The molecule has 2 aromatic carbocycles. The molecule has 0 fully saturated rings. The Morgan fingerprint density at radius 2 is 1.89 bits per heavy atom. The van der Waals surface area contributed by atoms with E-state index in [1.807, 2.05) is 38.1 Å². The Labute approximate surface area is 263 Å². The van der Waals surface area contributed by atoms with E-state index in [2.05, 4.69) is 27.2 Å². The van der Waals surface area contributed by atoms with Crippen molar-refractivity contribution in [3.63, 3.8) is 0 Å². The molecule has 3 atom stereocenters. The van der Waals surface area contributed by atoms with Crippen molar-refractivity contribution in [2.45, 2.75) is 77.4 Å². The van der Waals surface area contributed by atoms with Gasteiger partial charge in [0.1, 0.15) is 11.5 Å². The summed E-state index contributed by atoms with van der Waals surface area (Å²) in [5.41, 5.74) is 21.0. The molecule has 0 bridgehead atoms. The summed E-state index contributed by atoms with van der Waals surface area (Å²) in [5, 5.41) is 4.34. The minimum Gasteiger partial charge on any atom is -0.386 e. The van der Waals surface area contributed by atoms with Gasteiger partial charge in [-0.05, 0) is 94.0 Å². The minimum absolute atomic E-state index is 0.0554. The van der Waals surface area contributed by atoms with E-state index in [4.69, 9.17) is 28.8 Å². The molecule has 2 aromatic heterocycles. The van der Waals surface area contributed by atoms with E-state index in [-0.39, 0.29) is 23.1 Å². The van der Waals surface area contributed by atoms with Crippen LogP contribution in [0.3, 0.4) is 0 Å². The summed E-state index contributed by atoms with van der Waals surface area (Å²) in [6, 6.07) is 13.2. The van der Waals surface area contributed by atoms with Gasteiger partial charge in [0.2, 0.25) is 0 Å². The topological polar surface area (TPSA) is 153 Å². The van der Waals surface area contributed by atoms with Gasteiger partial charge in [-0.1, -0.05) is 37.1 Å². The number of nitrogens with two attached hydrogens (primary N) is 3. The lowest BCUT2D eigenvalue weighted by Crippen LogP contribution is -2.34. The molecule has 236 valence electrons. The van der Waals surface area contributed by atoms with E-state index in [1.54, 1.807) is 24.4 Å². The Morgan fingerprint density at radius 1 is 1.14 bits per heavy atom. The van der Waals surface area contributed by atoms with E-state index < -0.39 is 11.5 Å². The van der Waals surface area contributed by atoms with Crippen LogP contribution in [0.2, 0.25) is 5.02 Å². The second-order valence-electron chi connectivity index (χ2n) is 11.5. The summed E-state index contributed by atoms with van der Waals surface area (Å²) in [6.45, 7) is 7.35. The molecule has 0 saturated heterocycles. The summed E-state index contributed by atoms with van der Waals surface area (Å²) in [7, 11) is 0. The van der Waals surface area contributed by atoms with Gasteiger partial charge in [0.25, 0.3) is 0 Å². The van der Waals surface area contributed by atoms with Crippen molar-refractivity contribution in [2.75, 3.05) is 13.1 Å². The SMILES string of the molecule is CCCC(NCCCN=C(N)C(C)N)c1ccc(-n2cc3cc(-c4cc(CCCC(C)N)cc(Cl)c4F)[nH]c3nc2=O)cc1. The molecular formula is C33H44ClFN8O. The fraction of sp³-hybridized carbons (Fsp3) is 0.424. The summed E-state index contributed by atoms with van der Waals surface area (Å²) in [6.07, 6.45) is 7.04. The molecule has 11 heteroatoms. The molecule has 4 rings (SSSR count). The zero-order valence-electron chi connectivity index (χ0n) is 25.7. The molecule has 3 unspecified atom stereocenters. The quantitative estimate of drug-likeness (QED) is 0.0683. The summed E-state index contributed by atoms with van der Waals surface area (Å²) in [5.74, 6) is -0.0451. The third-order valence-corrected chi connectivity index (χ3v) is 7.92. The monoisotopic (exact) mass is 622 g/mol. The van der Waals surface area contributed by atoms with E-state index in [0.29, 0.717) is 40.4 Å². The summed E-state index contributed by atoms with van der Waals surface area (Å²) >= 11 is 6.26. The lowest BCUT2D eigenvalue weighted by Gasteiger charge is -2.19. The second kappa shape index (κ2) is 15.4. The first-order chi connectivity index (χ1) is 21.1. The summed E-state index contributed by atoms with van der Waals surface area (Å²) in [4.78, 5) is 24.7. The van der Waals surface area contributed by atoms with Gasteiger partial charge in [-0.15, -0.1) is 0 Å². The number of hydrogen-bond donors (Lipinski definition) is 5. The highest BCUT2D eigenvalue weighted by Crippen LogP contribution is 2.31. The zero-order chi connectivity index (χ0) is 31.8. The van der Waals surface area contributed by atoms with E-state index in [0.717, 1.165) is 56.2 Å². The van der Waals surface area contributed by atoms with Crippen LogP contribution in [0.4, 0.5) is 4.39 Å². The molecule has 0 aliphatic heterocycles. The first-order valence-corrected chi connectivity index (χ1v) is 15.7. The maximum atomic E-state index is 15.1. The number of benzene rings is 2.